The van der Waals surface area contributed by atoms with Crippen LogP contribution < -0.4 is 5.32 Å². The highest BCUT2D eigenvalue weighted by Crippen LogP contribution is 2.15. The van der Waals surface area contributed by atoms with E-state index in [1.165, 1.54) is 11.1 Å². The van der Waals surface area contributed by atoms with E-state index in [0.717, 1.165) is 19.5 Å². The van der Waals surface area contributed by atoms with Gasteiger partial charge in [-0.2, -0.15) is 0 Å². The van der Waals surface area contributed by atoms with Crippen molar-refractivity contribution in [2.45, 2.75) is 53.2 Å². The van der Waals surface area contributed by atoms with Gasteiger partial charge in [-0.05, 0) is 57.3 Å². The van der Waals surface area contributed by atoms with Gasteiger partial charge in [0.05, 0.1) is 12.2 Å². The first-order valence-corrected chi connectivity index (χ1v) is 7.30. The van der Waals surface area contributed by atoms with Gasteiger partial charge in [0.2, 0.25) is 0 Å². The van der Waals surface area contributed by atoms with Crippen molar-refractivity contribution in [3.05, 3.63) is 35.4 Å². The van der Waals surface area contributed by atoms with Crippen LogP contribution in [0.4, 0.5) is 0 Å². The topological polar surface area (TPSA) is 21.3 Å². The van der Waals surface area contributed by atoms with Gasteiger partial charge in [0, 0.05) is 0 Å². The molecule has 0 fully saturated rings. The Kier molecular flexibility index (Phi) is 6.53. The first-order chi connectivity index (χ1) is 8.88. The second-order valence-electron chi connectivity index (χ2n) is 6.52. The van der Waals surface area contributed by atoms with Crippen LogP contribution in [0.25, 0.3) is 0 Å². The second kappa shape index (κ2) is 7.66. The Hall–Kier alpha value is -0.860. The summed E-state index contributed by atoms with van der Waals surface area (Å²) in [5.41, 5.74) is 2.62. The summed E-state index contributed by atoms with van der Waals surface area (Å²) in [5.74, 6) is 0.708. The molecule has 0 radical (unpaired) electrons. The smallest absolute Gasteiger partial charge is 0.0726 e. The number of ether oxygens (including phenoxy) is 1. The van der Waals surface area contributed by atoms with Gasteiger partial charge in [0.25, 0.3) is 0 Å². The summed E-state index contributed by atoms with van der Waals surface area (Å²) in [6, 6.07) is 8.58. The van der Waals surface area contributed by atoms with Gasteiger partial charge < -0.3 is 10.1 Å². The van der Waals surface area contributed by atoms with Crippen molar-refractivity contribution in [3.63, 3.8) is 0 Å². The Bertz CT molecular complexity index is 366. The van der Waals surface area contributed by atoms with Gasteiger partial charge in [-0.3, -0.25) is 0 Å². The lowest BCUT2D eigenvalue weighted by Gasteiger charge is -2.21. The summed E-state index contributed by atoms with van der Waals surface area (Å²) in [6.07, 6.45) is 1.07. The van der Waals surface area contributed by atoms with Crippen LogP contribution in [0.5, 0.6) is 0 Å². The zero-order chi connectivity index (χ0) is 14.3. The molecule has 2 heteroatoms. The van der Waals surface area contributed by atoms with Crippen molar-refractivity contribution in [1.82, 2.24) is 5.32 Å². The van der Waals surface area contributed by atoms with E-state index >= 15 is 0 Å². The van der Waals surface area contributed by atoms with Crippen molar-refractivity contribution >= 4 is 0 Å². The van der Waals surface area contributed by atoms with E-state index in [2.05, 4.69) is 64.2 Å². The van der Waals surface area contributed by atoms with Crippen LogP contribution in [-0.4, -0.2) is 18.7 Å². The van der Waals surface area contributed by atoms with E-state index in [9.17, 15) is 0 Å². The van der Waals surface area contributed by atoms with Crippen molar-refractivity contribution in [2.75, 3.05) is 13.1 Å². The maximum atomic E-state index is 5.88. The summed E-state index contributed by atoms with van der Waals surface area (Å²) >= 11 is 0. The lowest BCUT2D eigenvalue weighted by atomic mass is 10.0. The Morgan fingerprint density at radius 1 is 1.11 bits per heavy atom. The zero-order valence-corrected chi connectivity index (χ0v) is 13.1. The molecule has 1 rings (SSSR count). The molecule has 0 saturated heterocycles. The molecule has 108 valence electrons. The molecule has 1 N–H and O–H groups in total. The average molecular weight is 263 g/mol. The Balaban J connectivity index is 2.48. The maximum absolute atomic E-state index is 5.88. The fourth-order valence-electron chi connectivity index (χ4n) is 1.85. The predicted molar refractivity (Wildman–Crippen MR) is 82.4 cm³/mol. The lowest BCUT2D eigenvalue weighted by Crippen LogP contribution is -2.23. The summed E-state index contributed by atoms with van der Waals surface area (Å²) in [6.45, 7) is 13.6. The number of hydrogen-bond donors (Lipinski definition) is 1. The molecule has 19 heavy (non-hydrogen) atoms. The van der Waals surface area contributed by atoms with Crippen LogP contribution in [0.2, 0.25) is 0 Å². The maximum Gasteiger partial charge on any atom is 0.0726 e. The molecular formula is C17H29NO. The molecule has 0 aromatic heterocycles. The largest absolute Gasteiger partial charge is 0.371 e. The molecule has 0 amide bonds. The van der Waals surface area contributed by atoms with Gasteiger partial charge in [0.1, 0.15) is 0 Å². The van der Waals surface area contributed by atoms with Crippen LogP contribution in [0.3, 0.4) is 0 Å². The van der Waals surface area contributed by atoms with E-state index in [4.69, 9.17) is 4.74 Å². The molecule has 0 bridgehead atoms. The summed E-state index contributed by atoms with van der Waals surface area (Å²) in [4.78, 5) is 0. The summed E-state index contributed by atoms with van der Waals surface area (Å²) in [7, 11) is 0. The molecule has 0 spiro atoms. The SMILES string of the molecule is CC(C)CNCCc1ccccc1COC(C)(C)C. The van der Waals surface area contributed by atoms with Crippen LogP contribution in [0, 0.1) is 5.92 Å². The first-order valence-electron chi connectivity index (χ1n) is 7.30. The van der Waals surface area contributed by atoms with Crippen LogP contribution in [0.15, 0.2) is 24.3 Å². The Labute approximate surface area is 118 Å². The van der Waals surface area contributed by atoms with E-state index in [0.29, 0.717) is 12.5 Å². The van der Waals surface area contributed by atoms with Gasteiger partial charge in [-0.15, -0.1) is 0 Å². The van der Waals surface area contributed by atoms with Crippen molar-refractivity contribution in [2.24, 2.45) is 5.92 Å². The summed E-state index contributed by atoms with van der Waals surface area (Å²) in [5, 5.41) is 3.49. The highest BCUT2D eigenvalue weighted by Gasteiger charge is 2.11. The fraction of sp³-hybridized carbons (Fsp3) is 0.647. The van der Waals surface area contributed by atoms with Crippen LogP contribution in [0.1, 0.15) is 45.7 Å². The first kappa shape index (κ1) is 16.2. The van der Waals surface area contributed by atoms with Crippen molar-refractivity contribution < 1.29 is 4.74 Å². The molecular weight excluding hydrogens is 234 g/mol. The van der Waals surface area contributed by atoms with Gasteiger partial charge in [0.15, 0.2) is 0 Å². The van der Waals surface area contributed by atoms with Crippen LogP contribution >= 0.6 is 0 Å². The normalized spacial score (nSPS) is 12.1. The van der Waals surface area contributed by atoms with E-state index in [1.807, 2.05) is 0 Å². The molecule has 1 aromatic carbocycles. The lowest BCUT2D eigenvalue weighted by molar-refractivity contribution is -0.0152. The number of hydrogen-bond acceptors (Lipinski definition) is 2. The minimum atomic E-state index is -0.0804. The molecule has 1 aromatic rings. The molecule has 0 aliphatic rings. The van der Waals surface area contributed by atoms with Gasteiger partial charge in [-0.1, -0.05) is 38.1 Å². The van der Waals surface area contributed by atoms with Crippen molar-refractivity contribution in [1.29, 1.82) is 0 Å². The Morgan fingerprint density at radius 3 is 2.32 bits per heavy atom. The molecule has 0 saturated carbocycles. The van der Waals surface area contributed by atoms with Crippen molar-refractivity contribution in [3.8, 4) is 0 Å². The van der Waals surface area contributed by atoms with Gasteiger partial charge >= 0.3 is 0 Å². The fourth-order valence-corrected chi connectivity index (χ4v) is 1.85. The Morgan fingerprint density at radius 2 is 1.74 bits per heavy atom. The molecule has 0 aliphatic heterocycles. The highest BCUT2D eigenvalue weighted by molar-refractivity contribution is 5.26. The quantitative estimate of drug-likeness (QED) is 0.756. The predicted octanol–water partition coefficient (Wildman–Crippen LogP) is 3.79. The minimum Gasteiger partial charge on any atom is -0.371 e. The molecule has 0 atom stereocenters. The third-order valence-corrected chi connectivity index (χ3v) is 2.90. The molecule has 2 nitrogen and oxygen atoms in total. The molecule has 0 unspecified atom stereocenters. The third kappa shape index (κ3) is 7.34. The highest BCUT2D eigenvalue weighted by atomic mass is 16.5. The summed E-state index contributed by atoms with van der Waals surface area (Å²) < 4.78 is 5.88. The number of nitrogens with one attached hydrogen (secondary N) is 1. The molecule has 0 heterocycles. The van der Waals surface area contributed by atoms with E-state index in [1.54, 1.807) is 0 Å². The standard InChI is InChI=1S/C17H29NO/c1-14(2)12-18-11-10-15-8-6-7-9-16(15)13-19-17(3,4)5/h6-9,14,18H,10-13H2,1-5H3. The van der Waals surface area contributed by atoms with E-state index < -0.39 is 0 Å². The number of benzene rings is 1. The number of rotatable bonds is 7. The van der Waals surface area contributed by atoms with E-state index in [-0.39, 0.29) is 5.60 Å². The van der Waals surface area contributed by atoms with Crippen LogP contribution in [-0.2, 0) is 17.8 Å². The van der Waals surface area contributed by atoms with Gasteiger partial charge in [-0.25, -0.2) is 0 Å². The minimum absolute atomic E-state index is 0.0804. The molecule has 0 aliphatic carbocycles. The average Bonchev–Trinajstić information content (AvgIpc) is 2.32. The third-order valence-electron chi connectivity index (χ3n) is 2.90. The monoisotopic (exact) mass is 263 g/mol. The zero-order valence-electron chi connectivity index (χ0n) is 13.1. The second-order valence-corrected chi connectivity index (χ2v) is 6.52.